The van der Waals surface area contributed by atoms with E-state index < -0.39 is 34.5 Å². The number of urea groups is 1. The van der Waals surface area contributed by atoms with Crippen molar-refractivity contribution in [1.82, 2.24) is 15.4 Å². The van der Waals surface area contributed by atoms with Crippen LogP contribution in [0.25, 0.3) is 0 Å². The summed E-state index contributed by atoms with van der Waals surface area (Å²) < 4.78 is 37.0. The molecule has 0 spiro atoms. The molecule has 0 unspecified atom stereocenters. The Morgan fingerprint density at radius 3 is 2.41 bits per heavy atom. The van der Waals surface area contributed by atoms with Gasteiger partial charge >= 0.3 is 12.0 Å². The van der Waals surface area contributed by atoms with Crippen LogP contribution in [-0.2, 0) is 26.1 Å². The number of benzene rings is 1. The fraction of sp³-hybridized carbons (Fsp3) is 0.381. The number of hydrogen-bond acceptors (Lipinski definition) is 7. The van der Waals surface area contributed by atoms with Crippen LogP contribution in [0.15, 0.2) is 52.0 Å². The standard InChI is InChI=1S/C21H25N3O7S/c25-19(24-21(27)23-16-5-2-1-3-6-16)14-31-20(26)15-8-10-18(11-9-15)32(28,29)22-13-17-7-4-12-30-17/h4,7-12,16,22H,1-3,5-6,13-14H2,(H2,23,24,25,27). The predicted octanol–water partition coefficient (Wildman–Crippen LogP) is 2.07. The maximum absolute atomic E-state index is 12.3. The molecule has 3 N–H and O–H groups in total. The van der Waals surface area contributed by atoms with Gasteiger partial charge in [0.05, 0.1) is 23.3 Å². The van der Waals surface area contributed by atoms with Crippen molar-refractivity contribution >= 4 is 27.9 Å². The summed E-state index contributed by atoms with van der Waals surface area (Å²) in [5, 5.41) is 4.86. The highest BCUT2D eigenvalue weighted by Crippen LogP contribution is 2.17. The Bertz CT molecular complexity index is 1030. The van der Waals surface area contributed by atoms with Crippen LogP contribution in [0.5, 0.6) is 0 Å². The van der Waals surface area contributed by atoms with E-state index >= 15 is 0 Å². The van der Waals surface area contributed by atoms with Gasteiger partial charge in [0.2, 0.25) is 10.0 Å². The quantitative estimate of drug-likeness (QED) is 0.508. The summed E-state index contributed by atoms with van der Waals surface area (Å²) >= 11 is 0. The number of imide groups is 1. The second-order valence-corrected chi connectivity index (χ2v) is 9.13. The number of ether oxygens (including phenoxy) is 1. The van der Waals surface area contributed by atoms with Crippen molar-refractivity contribution < 1.29 is 32.0 Å². The number of carbonyl (C=O) groups is 3. The molecule has 1 aromatic carbocycles. The third kappa shape index (κ3) is 6.92. The van der Waals surface area contributed by atoms with Crippen molar-refractivity contribution in [2.75, 3.05) is 6.61 Å². The summed E-state index contributed by atoms with van der Waals surface area (Å²) in [4.78, 5) is 35.8. The number of carbonyl (C=O) groups excluding carboxylic acids is 3. The highest BCUT2D eigenvalue weighted by molar-refractivity contribution is 7.89. The molecule has 0 atom stereocenters. The van der Waals surface area contributed by atoms with Gasteiger partial charge < -0.3 is 14.5 Å². The summed E-state index contributed by atoms with van der Waals surface area (Å²) in [5.74, 6) is -1.12. The number of rotatable bonds is 8. The minimum absolute atomic E-state index is 0.0113. The molecule has 0 radical (unpaired) electrons. The first-order valence-corrected chi connectivity index (χ1v) is 11.7. The Morgan fingerprint density at radius 1 is 1.03 bits per heavy atom. The van der Waals surface area contributed by atoms with Gasteiger partial charge in [0.15, 0.2) is 6.61 Å². The van der Waals surface area contributed by atoms with E-state index in [1.165, 1.54) is 30.5 Å². The fourth-order valence-corrected chi connectivity index (χ4v) is 4.27. The molecule has 1 aliphatic rings. The van der Waals surface area contributed by atoms with Crippen LogP contribution in [0.1, 0.15) is 48.2 Å². The third-order valence-corrected chi connectivity index (χ3v) is 6.36. The van der Waals surface area contributed by atoms with Crippen LogP contribution in [0.4, 0.5) is 4.79 Å². The fourth-order valence-electron chi connectivity index (χ4n) is 3.28. The first kappa shape index (κ1) is 23.5. The first-order valence-electron chi connectivity index (χ1n) is 10.2. The molecule has 1 aromatic heterocycles. The Hall–Kier alpha value is -3.18. The number of amides is 3. The molecule has 2 aromatic rings. The van der Waals surface area contributed by atoms with E-state index in [-0.39, 0.29) is 23.0 Å². The van der Waals surface area contributed by atoms with Gasteiger partial charge in [-0.3, -0.25) is 10.1 Å². The molecule has 1 aliphatic carbocycles. The highest BCUT2D eigenvalue weighted by Gasteiger charge is 2.19. The van der Waals surface area contributed by atoms with E-state index in [1.54, 1.807) is 12.1 Å². The van der Waals surface area contributed by atoms with Gasteiger partial charge in [-0.15, -0.1) is 0 Å². The maximum atomic E-state index is 12.3. The molecule has 0 aliphatic heterocycles. The van der Waals surface area contributed by atoms with E-state index in [0.717, 1.165) is 32.1 Å². The zero-order chi connectivity index (χ0) is 23.0. The molecule has 0 bridgehead atoms. The maximum Gasteiger partial charge on any atom is 0.338 e. The van der Waals surface area contributed by atoms with E-state index in [2.05, 4.69) is 15.4 Å². The van der Waals surface area contributed by atoms with E-state index in [0.29, 0.717) is 5.76 Å². The molecule has 1 heterocycles. The Balaban J connectivity index is 1.44. The van der Waals surface area contributed by atoms with E-state index in [1.807, 2.05) is 0 Å². The predicted molar refractivity (Wildman–Crippen MR) is 113 cm³/mol. The van der Waals surface area contributed by atoms with Crippen molar-refractivity contribution in [3.05, 3.63) is 54.0 Å². The molecule has 10 nitrogen and oxygen atoms in total. The smallest absolute Gasteiger partial charge is 0.338 e. The molecule has 32 heavy (non-hydrogen) atoms. The van der Waals surface area contributed by atoms with Crippen LogP contribution in [0.3, 0.4) is 0 Å². The molecule has 11 heteroatoms. The molecule has 1 saturated carbocycles. The Labute approximate surface area is 185 Å². The van der Waals surface area contributed by atoms with Crippen molar-refractivity contribution in [2.24, 2.45) is 0 Å². The van der Waals surface area contributed by atoms with Gasteiger partial charge in [0.25, 0.3) is 5.91 Å². The van der Waals surface area contributed by atoms with Crippen molar-refractivity contribution in [3.63, 3.8) is 0 Å². The Morgan fingerprint density at radius 2 is 1.75 bits per heavy atom. The lowest BCUT2D eigenvalue weighted by atomic mass is 9.96. The van der Waals surface area contributed by atoms with Gasteiger partial charge in [-0.05, 0) is 49.2 Å². The molecule has 172 valence electrons. The monoisotopic (exact) mass is 463 g/mol. The van der Waals surface area contributed by atoms with Crippen LogP contribution >= 0.6 is 0 Å². The number of nitrogens with one attached hydrogen (secondary N) is 3. The summed E-state index contributed by atoms with van der Waals surface area (Å²) in [6.07, 6.45) is 6.41. The largest absolute Gasteiger partial charge is 0.468 e. The second-order valence-electron chi connectivity index (χ2n) is 7.36. The van der Waals surface area contributed by atoms with Gasteiger partial charge in [0, 0.05) is 6.04 Å². The average molecular weight is 464 g/mol. The van der Waals surface area contributed by atoms with Crippen LogP contribution < -0.4 is 15.4 Å². The summed E-state index contributed by atoms with van der Waals surface area (Å²) in [6, 6.07) is 7.76. The van der Waals surface area contributed by atoms with Gasteiger partial charge in [-0.2, -0.15) is 0 Å². The number of furan rings is 1. The minimum Gasteiger partial charge on any atom is -0.468 e. The number of hydrogen-bond donors (Lipinski definition) is 3. The normalized spacial score (nSPS) is 14.5. The van der Waals surface area contributed by atoms with Crippen molar-refractivity contribution in [1.29, 1.82) is 0 Å². The second kappa shape index (κ2) is 10.9. The summed E-state index contributed by atoms with van der Waals surface area (Å²) in [5.41, 5.74) is 0.0643. The molecular weight excluding hydrogens is 438 g/mol. The van der Waals surface area contributed by atoms with E-state index in [4.69, 9.17) is 9.15 Å². The van der Waals surface area contributed by atoms with Crippen molar-refractivity contribution in [3.8, 4) is 0 Å². The van der Waals surface area contributed by atoms with Crippen LogP contribution in [-0.4, -0.2) is 39.0 Å². The molecule has 3 amide bonds. The highest BCUT2D eigenvalue weighted by atomic mass is 32.2. The lowest BCUT2D eigenvalue weighted by molar-refractivity contribution is -0.123. The number of sulfonamides is 1. The van der Waals surface area contributed by atoms with Crippen molar-refractivity contribution in [2.45, 2.75) is 49.6 Å². The number of esters is 1. The average Bonchev–Trinajstić information content (AvgIpc) is 3.31. The summed E-state index contributed by atoms with van der Waals surface area (Å²) in [7, 11) is -3.80. The molecule has 0 saturated heterocycles. The van der Waals surface area contributed by atoms with Crippen LogP contribution in [0, 0.1) is 0 Å². The SMILES string of the molecule is O=C(COC(=O)c1ccc(S(=O)(=O)NCc2ccco2)cc1)NC(=O)NC1CCCCC1. The zero-order valence-electron chi connectivity index (χ0n) is 17.3. The Kier molecular flexibility index (Phi) is 8.01. The molecular formula is C21H25N3O7S. The van der Waals surface area contributed by atoms with Crippen LogP contribution in [0.2, 0.25) is 0 Å². The van der Waals surface area contributed by atoms with Gasteiger partial charge in [-0.1, -0.05) is 19.3 Å². The van der Waals surface area contributed by atoms with Gasteiger partial charge in [0.1, 0.15) is 5.76 Å². The lowest BCUT2D eigenvalue weighted by Gasteiger charge is -2.22. The molecule has 3 rings (SSSR count). The topological polar surface area (TPSA) is 144 Å². The minimum atomic E-state index is -3.80. The van der Waals surface area contributed by atoms with Gasteiger partial charge in [-0.25, -0.2) is 22.7 Å². The zero-order valence-corrected chi connectivity index (χ0v) is 18.2. The third-order valence-electron chi connectivity index (χ3n) is 4.94. The summed E-state index contributed by atoms with van der Waals surface area (Å²) in [6.45, 7) is -0.649. The van der Waals surface area contributed by atoms with E-state index in [9.17, 15) is 22.8 Å². The first-order chi connectivity index (χ1) is 15.3. The molecule has 1 fully saturated rings. The lowest BCUT2D eigenvalue weighted by Crippen LogP contribution is -2.46.